The lowest BCUT2D eigenvalue weighted by Crippen LogP contribution is -2.42. The summed E-state index contributed by atoms with van der Waals surface area (Å²) in [5.41, 5.74) is 3.81. The molecular formula is C27H30N6O5S2. The molecule has 0 bridgehead atoms. The van der Waals surface area contributed by atoms with E-state index in [4.69, 9.17) is 9.47 Å². The normalized spacial score (nSPS) is 15.8. The minimum atomic E-state index is -1.04. The zero-order chi connectivity index (χ0) is 28.3. The molecule has 0 spiro atoms. The number of hydrazone groups is 1. The van der Waals surface area contributed by atoms with E-state index < -0.39 is 29.6 Å². The van der Waals surface area contributed by atoms with Gasteiger partial charge in [0.05, 0.1) is 5.04 Å². The number of hydrogen-bond donors (Lipinski definition) is 3. The lowest BCUT2D eigenvalue weighted by atomic mass is 10.1. The number of carbonyl (C=O) groups excluding carboxylic acids is 3. The van der Waals surface area contributed by atoms with Crippen molar-refractivity contribution in [1.82, 2.24) is 20.9 Å². The van der Waals surface area contributed by atoms with Gasteiger partial charge in [0.2, 0.25) is 11.2 Å². The number of esters is 1. The van der Waals surface area contributed by atoms with Crippen molar-refractivity contribution >= 4 is 51.1 Å². The Labute approximate surface area is 240 Å². The molecule has 3 unspecified atom stereocenters. The summed E-state index contributed by atoms with van der Waals surface area (Å²) in [5.74, 6) is -1.27. The molecule has 0 radical (unpaired) electrons. The third-order valence-electron chi connectivity index (χ3n) is 5.76. The smallest absolute Gasteiger partial charge is 0.303 e. The van der Waals surface area contributed by atoms with E-state index in [1.807, 2.05) is 36.4 Å². The number of carbonyl (C=O) groups is 3. The Kier molecular flexibility index (Phi) is 10.6. The van der Waals surface area contributed by atoms with Crippen molar-refractivity contribution in [3.05, 3.63) is 76.8 Å². The van der Waals surface area contributed by atoms with Crippen LogP contribution in [0.2, 0.25) is 0 Å². The van der Waals surface area contributed by atoms with Crippen molar-refractivity contribution in [2.24, 2.45) is 5.10 Å². The minimum Gasteiger partial charge on any atom is -0.447 e. The molecule has 3 aromatic rings. The molecule has 11 nitrogen and oxygen atoms in total. The summed E-state index contributed by atoms with van der Waals surface area (Å²) < 4.78 is 10.6. The average molecular weight is 583 g/mol. The van der Waals surface area contributed by atoms with E-state index in [-0.39, 0.29) is 5.91 Å². The molecule has 13 heteroatoms. The number of amides is 2. The molecule has 3 atom stereocenters. The van der Waals surface area contributed by atoms with Crippen molar-refractivity contribution in [1.29, 1.82) is 0 Å². The number of thioether (sulfide) groups is 1. The van der Waals surface area contributed by atoms with Gasteiger partial charge in [0.25, 0.3) is 11.8 Å². The number of benzene rings is 2. The van der Waals surface area contributed by atoms with E-state index in [9.17, 15) is 14.4 Å². The first-order valence-electron chi connectivity index (χ1n) is 12.6. The second kappa shape index (κ2) is 14.5. The molecule has 1 aliphatic rings. The zero-order valence-corrected chi connectivity index (χ0v) is 23.7. The highest BCUT2D eigenvalue weighted by Crippen LogP contribution is 2.25. The molecule has 3 N–H and O–H groups in total. The van der Waals surface area contributed by atoms with Crippen LogP contribution >= 0.6 is 23.1 Å². The molecular weight excluding hydrogens is 552 g/mol. The van der Waals surface area contributed by atoms with Crippen molar-refractivity contribution in [3.8, 4) is 0 Å². The van der Waals surface area contributed by atoms with Gasteiger partial charge in [-0.3, -0.25) is 25.1 Å². The number of aryl methyl sites for hydroxylation is 1. The summed E-state index contributed by atoms with van der Waals surface area (Å²) in [5, 5.41) is 20.3. The predicted octanol–water partition coefficient (Wildman–Crippen LogP) is 3.93. The first-order valence-corrected chi connectivity index (χ1v) is 14.3. The number of rotatable bonds is 13. The highest BCUT2D eigenvalue weighted by Gasteiger charge is 2.28. The fourth-order valence-electron chi connectivity index (χ4n) is 3.92. The number of nitrogens with one attached hydrogen (secondary N) is 3. The Hall–Kier alpha value is -3.81. The van der Waals surface area contributed by atoms with Crippen LogP contribution in [0.1, 0.15) is 54.5 Å². The van der Waals surface area contributed by atoms with Crippen LogP contribution in [0.25, 0.3) is 0 Å². The predicted molar refractivity (Wildman–Crippen MR) is 153 cm³/mol. The first-order chi connectivity index (χ1) is 19.4. The molecule has 210 valence electrons. The van der Waals surface area contributed by atoms with Crippen molar-refractivity contribution in [2.45, 2.75) is 50.3 Å². The van der Waals surface area contributed by atoms with Crippen LogP contribution in [0.4, 0.5) is 5.13 Å². The fourth-order valence-corrected chi connectivity index (χ4v) is 5.62. The van der Waals surface area contributed by atoms with Gasteiger partial charge in [0, 0.05) is 26.0 Å². The topological polar surface area (TPSA) is 144 Å². The molecule has 40 heavy (non-hydrogen) atoms. The molecule has 2 amide bonds. The number of aromatic nitrogens is 2. The first kappa shape index (κ1) is 29.2. The molecule has 0 fully saturated rings. The van der Waals surface area contributed by atoms with E-state index in [2.05, 4.69) is 31.4 Å². The van der Waals surface area contributed by atoms with Gasteiger partial charge in [0.15, 0.2) is 11.6 Å². The molecule has 1 aromatic heterocycles. The third-order valence-corrected chi connectivity index (χ3v) is 7.69. The van der Waals surface area contributed by atoms with E-state index in [1.54, 1.807) is 24.3 Å². The number of unbranched alkanes of at least 4 members (excludes halogenated alkanes) is 1. The van der Waals surface area contributed by atoms with Crippen LogP contribution in [0.5, 0.6) is 0 Å². The summed E-state index contributed by atoms with van der Waals surface area (Å²) in [6, 6.07) is 18.1. The molecule has 2 aromatic carbocycles. The standard InChI is InChI=1S/C27H30N6O5S2/c1-17(34)38-23(19-13-7-4-8-14-19)25(36)29-27-33-31-21(40-27)16-10-9-15-20-30-32-26(39-20)28-24(35)22(37-2)18-11-5-3-6-12-18/h3-8,11-14,22-23,27,33H,9-10,15-16H2,1-2H3,(H,29,36)(H,28,32,35). The maximum atomic E-state index is 12.8. The van der Waals surface area contributed by atoms with Gasteiger partial charge in [-0.1, -0.05) is 83.8 Å². The van der Waals surface area contributed by atoms with Gasteiger partial charge in [-0.25, -0.2) is 0 Å². The lowest BCUT2D eigenvalue weighted by molar-refractivity contribution is -0.154. The van der Waals surface area contributed by atoms with Crippen molar-refractivity contribution in [2.75, 3.05) is 12.4 Å². The van der Waals surface area contributed by atoms with Gasteiger partial charge in [-0.15, -0.1) is 10.2 Å². The zero-order valence-electron chi connectivity index (χ0n) is 22.0. The van der Waals surface area contributed by atoms with Gasteiger partial charge in [-0.05, 0) is 24.8 Å². The Morgan fingerprint density at radius 2 is 1.57 bits per heavy atom. The molecule has 2 heterocycles. The Morgan fingerprint density at radius 1 is 0.925 bits per heavy atom. The van der Waals surface area contributed by atoms with Crippen LogP contribution in [0, 0.1) is 0 Å². The van der Waals surface area contributed by atoms with Crippen LogP contribution in [0.15, 0.2) is 65.8 Å². The summed E-state index contributed by atoms with van der Waals surface area (Å²) in [6.07, 6.45) is 1.39. The molecule has 0 saturated heterocycles. The van der Waals surface area contributed by atoms with E-state index in [0.717, 1.165) is 34.9 Å². The molecule has 0 saturated carbocycles. The van der Waals surface area contributed by atoms with Crippen LogP contribution < -0.4 is 16.1 Å². The van der Waals surface area contributed by atoms with Gasteiger partial charge in [-0.2, -0.15) is 5.10 Å². The molecule has 4 rings (SSSR count). The van der Waals surface area contributed by atoms with Crippen LogP contribution in [-0.2, 0) is 30.3 Å². The number of hydrogen-bond acceptors (Lipinski definition) is 11. The number of ether oxygens (including phenoxy) is 2. The average Bonchev–Trinajstić information content (AvgIpc) is 3.60. The summed E-state index contributed by atoms with van der Waals surface area (Å²) in [4.78, 5) is 37.0. The quantitative estimate of drug-likeness (QED) is 0.202. The molecule has 0 aliphatic carbocycles. The van der Waals surface area contributed by atoms with Crippen LogP contribution in [0.3, 0.4) is 0 Å². The highest BCUT2D eigenvalue weighted by molar-refractivity contribution is 8.14. The lowest BCUT2D eigenvalue weighted by Gasteiger charge is -2.19. The van der Waals surface area contributed by atoms with E-state index in [0.29, 0.717) is 17.1 Å². The Morgan fingerprint density at radius 3 is 2.23 bits per heavy atom. The van der Waals surface area contributed by atoms with Gasteiger partial charge in [0.1, 0.15) is 5.01 Å². The van der Waals surface area contributed by atoms with Gasteiger partial charge < -0.3 is 14.8 Å². The van der Waals surface area contributed by atoms with Crippen molar-refractivity contribution in [3.63, 3.8) is 0 Å². The maximum Gasteiger partial charge on any atom is 0.303 e. The number of nitrogens with zero attached hydrogens (tertiary/aromatic N) is 3. The van der Waals surface area contributed by atoms with Crippen LogP contribution in [-0.4, -0.2) is 45.6 Å². The highest BCUT2D eigenvalue weighted by atomic mass is 32.2. The summed E-state index contributed by atoms with van der Waals surface area (Å²) in [7, 11) is 1.49. The van der Waals surface area contributed by atoms with Gasteiger partial charge >= 0.3 is 5.97 Å². The molecule has 1 aliphatic heterocycles. The second-order valence-corrected chi connectivity index (χ2v) is 11.0. The van der Waals surface area contributed by atoms with E-state index >= 15 is 0 Å². The second-order valence-electron chi connectivity index (χ2n) is 8.77. The number of anilines is 1. The Bertz CT molecular complexity index is 1320. The number of methoxy groups -OCH3 is 1. The maximum absolute atomic E-state index is 12.8. The van der Waals surface area contributed by atoms with Crippen molar-refractivity contribution < 1.29 is 23.9 Å². The van der Waals surface area contributed by atoms with E-state index in [1.165, 1.54) is 37.1 Å². The largest absolute Gasteiger partial charge is 0.447 e. The third kappa shape index (κ3) is 8.34. The SMILES string of the molecule is COC(C(=O)Nc1nnc(CCCCC2=NNC(NC(=O)C(OC(C)=O)c3ccccc3)S2)s1)c1ccccc1. The monoisotopic (exact) mass is 582 g/mol. The minimum absolute atomic E-state index is 0.301. The summed E-state index contributed by atoms with van der Waals surface area (Å²) >= 11 is 2.75. The Balaban J connectivity index is 1.17. The summed E-state index contributed by atoms with van der Waals surface area (Å²) in [6.45, 7) is 1.27. The fraction of sp³-hybridized carbons (Fsp3) is 0.333.